The van der Waals surface area contributed by atoms with Crippen molar-refractivity contribution in [2.75, 3.05) is 11.5 Å². The van der Waals surface area contributed by atoms with Crippen molar-refractivity contribution in [3.8, 4) is 0 Å². The maximum atomic E-state index is 6.31. The van der Waals surface area contributed by atoms with Gasteiger partial charge in [-0.15, -0.1) is 0 Å². The first-order valence-corrected chi connectivity index (χ1v) is 7.83. The smallest absolute Gasteiger partial charge is 0.169 e. The van der Waals surface area contributed by atoms with Crippen molar-refractivity contribution in [1.82, 2.24) is 9.55 Å². The summed E-state index contributed by atoms with van der Waals surface area (Å²) in [6, 6.07) is 0. The Morgan fingerprint density at radius 3 is 2.76 bits per heavy atom. The molecule has 3 nitrogen and oxygen atoms in total. The molecular formula is C13H21N3S. The number of imidazole rings is 1. The van der Waals surface area contributed by atoms with Gasteiger partial charge in [0.05, 0.1) is 5.69 Å². The quantitative estimate of drug-likeness (QED) is 0.832. The van der Waals surface area contributed by atoms with E-state index in [1.54, 1.807) is 0 Å². The normalized spacial score (nSPS) is 22.1. The highest BCUT2D eigenvalue weighted by Crippen LogP contribution is 2.38. The monoisotopic (exact) mass is 251 g/mol. The van der Waals surface area contributed by atoms with Gasteiger partial charge in [0.1, 0.15) is 5.82 Å². The molecule has 4 heteroatoms. The average molecular weight is 251 g/mol. The molecular weight excluding hydrogens is 230 g/mol. The van der Waals surface area contributed by atoms with Gasteiger partial charge in [-0.2, -0.15) is 0 Å². The Kier molecular flexibility index (Phi) is 3.32. The van der Waals surface area contributed by atoms with Crippen molar-refractivity contribution in [1.29, 1.82) is 0 Å². The molecule has 2 N–H and O–H groups in total. The molecule has 17 heavy (non-hydrogen) atoms. The van der Waals surface area contributed by atoms with E-state index in [2.05, 4.69) is 4.57 Å². The molecule has 0 radical (unpaired) electrons. The van der Waals surface area contributed by atoms with Crippen LogP contribution in [0.1, 0.15) is 56.6 Å². The van der Waals surface area contributed by atoms with Gasteiger partial charge >= 0.3 is 0 Å². The maximum Gasteiger partial charge on any atom is 0.169 e. The first-order valence-electron chi connectivity index (χ1n) is 6.85. The number of thioether (sulfide) groups is 1. The van der Waals surface area contributed by atoms with Gasteiger partial charge < -0.3 is 10.3 Å². The predicted octanol–water partition coefficient (Wildman–Crippen LogP) is 3.40. The summed E-state index contributed by atoms with van der Waals surface area (Å²) >= 11 is 1.88. The molecule has 1 aromatic rings. The number of fused-ring (bicyclic) bond motifs is 1. The van der Waals surface area contributed by atoms with Gasteiger partial charge in [-0.05, 0) is 25.7 Å². The van der Waals surface area contributed by atoms with Gasteiger partial charge in [0.15, 0.2) is 5.16 Å². The van der Waals surface area contributed by atoms with Crippen molar-refractivity contribution in [3.05, 3.63) is 5.69 Å². The van der Waals surface area contributed by atoms with E-state index in [9.17, 15) is 0 Å². The largest absolute Gasteiger partial charge is 0.384 e. The molecule has 0 atom stereocenters. The minimum atomic E-state index is 0.628. The molecule has 0 amide bonds. The Hall–Kier alpha value is -0.640. The third-order valence-corrected chi connectivity index (χ3v) is 5.06. The lowest BCUT2D eigenvalue weighted by atomic mass is 9.87. The molecule has 0 unspecified atom stereocenters. The fourth-order valence-corrected chi connectivity index (χ4v) is 4.04. The van der Waals surface area contributed by atoms with E-state index < -0.39 is 0 Å². The Labute approximate surface area is 107 Å². The predicted molar refractivity (Wildman–Crippen MR) is 72.4 cm³/mol. The van der Waals surface area contributed by atoms with Crippen LogP contribution in [0, 0.1) is 0 Å². The van der Waals surface area contributed by atoms with Crippen LogP contribution < -0.4 is 5.73 Å². The standard InChI is InChI=1S/C13H21N3S/c14-12-11(10-6-2-1-3-7-10)15-13-16(12)8-4-5-9-17-13/h10H,1-9,14H2. The third-order valence-electron chi connectivity index (χ3n) is 4.00. The van der Waals surface area contributed by atoms with Gasteiger partial charge in [-0.3, -0.25) is 0 Å². The maximum absolute atomic E-state index is 6.31. The molecule has 0 aromatic carbocycles. The highest BCUT2D eigenvalue weighted by Gasteiger charge is 2.24. The van der Waals surface area contributed by atoms with Gasteiger partial charge in [-0.1, -0.05) is 31.0 Å². The van der Waals surface area contributed by atoms with E-state index in [0.717, 1.165) is 12.4 Å². The molecule has 1 aromatic heterocycles. The minimum Gasteiger partial charge on any atom is -0.384 e. The number of nitrogens with zero attached hydrogens (tertiary/aromatic N) is 2. The van der Waals surface area contributed by atoms with E-state index >= 15 is 0 Å². The zero-order valence-corrected chi connectivity index (χ0v) is 11.1. The number of anilines is 1. The molecule has 2 heterocycles. The Morgan fingerprint density at radius 2 is 1.94 bits per heavy atom. The molecule has 0 saturated heterocycles. The molecule has 94 valence electrons. The third kappa shape index (κ3) is 2.19. The lowest BCUT2D eigenvalue weighted by Gasteiger charge is -2.20. The topological polar surface area (TPSA) is 43.8 Å². The van der Waals surface area contributed by atoms with Crippen molar-refractivity contribution < 1.29 is 0 Å². The summed E-state index contributed by atoms with van der Waals surface area (Å²) in [5.41, 5.74) is 7.51. The summed E-state index contributed by atoms with van der Waals surface area (Å²) in [5.74, 6) is 2.78. The van der Waals surface area contributed by atoms with Crippen molar-refractivity contribution in [3.63, 3.8) is 0 Å². The van der Waals surface area contributed by atoms with Crippen molar-refractivity contribution in [2.45, 2.75) is 62.6 Å². The molecule has 1 aliphatic heterocycles. The Morgan fingerprint density at radius 1 is 1.12 bits per heavy atom. The van der Waals surface area contributed by atoms with Crippen LogP contribution in [0.25, 0.3) is 0 Å². The zero-order valence-electron chi connectivity index (χ0n) is 10.3. The molecule has 0 spiro atoms. The second kappa shape index (κ2) is 4.92. The lowest BCUT2D eigenvalue weighted by molar-refractivity contribution is 0.438. The first-order chi connectivity index (χ1) is 8.36. The molecule has 1 saturated carbocycles. The number of aromatic nitrogens is 2. The summed E-state index contributed by atoms with van der Waals surface area (Å²) in [5, 5.41) is 1.17. The highest BCUT2D eigenvalue weighted by molar-refractivity contribution is 7.99. The van der Waals surface area contributed by atoms with Crippen LogP contribution in [0.2, 0.25) is 0 Å². The number of nitrogens with two attached hydrogens (primary N) is 1. The molecule has 0 bridgehead atoms. The summed E-state index contributed by atoms with van der Waals surface area (Å²) in [4.78, 5) is 4.83. The van der Waals surface area contributed by atoms with Gasteiger partial charge in [0, 0.05) is 18.2 Å². The van der Waals surface area contributed by atoms with Crippen LogP contribution in [0.5, 0.6) is 0 Å². The van der Waals surface area contributed by atoms with Gasteiger partial charge in [0.25, 0.3) is 0 Å². The molecule has 3 rings (SSSR count). The zero-order chi connectivity index (χ0) is 11.7. The van der Waals surface area contributed by atoms with Crippen LogP contribution in [0.4, 0.5) is 5.82 Å². The van der Waals surface area contributed by atoms with E-state index in [1.807, 2.05) is 11.8 Å². The van der Waals surface area contributed by atoms with Gasteiger partial charge in [-0.25, -0.2) is 4.98 Å². The van der Waals surface area contributed by atoms with Crippen LogP contribution in [-0.2, 0) is 6.54 Å². The van der Waals surface area contributed by atoms with Crippen molar-refractivity contribution in [2.24, 2.45) is 0 Å². The van der Waals surface area contributed by atoms with Gasteiger partial charge in [0.2, 0.25) is 0 Å². The SMILES string of the molecule is Nc1c(C2CCCCC2)nc2n1CCCCS2. The van der Waals surface area contributed by atoms with E-state index in [4.69, 9.17) is 10.7 Å². The fourth-order valence-electron chi connectivity index (χ4n) is 3.00. The van der Waals surface area contributed by atoms with E-state index in [0.29, 0.717) is 5.92 Å². The highest BCUT2D eigenvalue weighted by atomic mass is 32.2. The Bertz CT molecular complexity index is 394. The van der Waals surface area contributed by atoms with E-state index in [-0.39, 0.29) is 0 Å². The van der Waals surface area contributed by atoms with Crippen LogP contribution in [0.3, 0.4) is 0 Å². The Balaban J connectivity index is 1.89. The minimum absolute atomic E-state index is 0.628. The molecule has 1 aliphatic carbocycles. The summed E-state index contributed by atoms with van der Waals surface area (Å²) < 4.78 is 2.25. The summed E-state index contributed by atoms with van der Waals surface area (Å²) in [6.07, 6.45) is 9.17. The van der Waals surface area contributed by atoms with Crippen LogP contribution in [-0.4, -0.2) is 15.3 Å². The number of hydrogen-bond donors (Lipinski definition) is 1. The number of hydrogen-bond acceptors (Lipinski definition) is 3. The second-order valence-corrected chi connectivity index (χ2v) is 6.27. The fraction of sp³-hybridized carbons (Fsp3) is 0.769. The number of rotatable bonds is 1. The average Bonchev–Trinajstić information content (AvgIpc) is 2.56. The van der Waals surface area contributed by atoms with E-state index in [1.165, 1.54) is 61.5 Å². The lowest BCUT2D eigenvalue weighted by Crippen LogP contribution is -2.09. The molecule has 2 aliphatic rings. The number of nitrogen functional groups attached to an aromatic ring is 1. The summed E-state index contributed by atoms with van der Waals surface area (Å²) in [6.45, 7) is 1.06. The van der Waals surface area contributed by atoms with Crippen LogP contribution in [0.15, 0.2) is 5.16 Å². The second-order valence-electron chi connectivity index (χ2n) is 5.21. The van der Waals surface area contributed by atoms with Crippen molar-refractivity contribution >= 4 is 17.6 Å². The summed E-state index contributed by atoms with van der Waals surface area (Å²) in [7, 11) is 0. The first kappa shape index (κ1) is 11.5. The molecule has 1 fully saturated rings. The van der Waals surface area contributed by atoms with Crippen LogP contribution >= 0.6 is 11.8 Å².